The van der Waals surface area contributed by atoms with Crippen molar-refractivity contribution >= 4 is 11.8 Å². The van der Waals surface area contributed by atoms with Crippen molar-refractivity contribution in [2.75, 3.05) is 0 Å². The third-order valence-electron chi connectivity index (χ3n) is 8.99. The summed E-state index contributed by atoms with van der Waals surface area (Å²) >= 11 is 0. The van der Waals surface area contributed by atoms with Crippen LogP contribution in [0.15, 0.2) is 23.8 Å². The summed E-state index contributed by atoms with van der Waals surface area (Å²) in [5.74, 6) is 4.25. The van der Waals surface area contributed by atoms with Crippen LogP contribution in [0.1, 0.15) is 51.9 Å². The van der Waals surface area contributed by atoms with Gasteiger partial charge in [-0.2, -0.15) is 0 Å². The summed E-state index contributed by atoms with van der Waals surface area (Å²) in [7, 11) is 0. The molecule has 6 aliphatic rings. The van der Waals surface area contributed by atoms with E-state index in [2.05, 4.69) is 19.1 Å². The molecule has 0 N–H and O–H groups in total. The Morgan fingerprint density at radius 1 is 1.12 bits per heavy atom. The molecule has 3 saturated carbocycles. The molecular formula is C22H26O3. The molecule has 8 unspecified atom stereocenters. The Morgan fingerprint density at radius 3 is 2.80 bits per heavy atom. The van der Waals surface area contributed by atoms with Gasteiger partial charge in [0.2, 0.25) is 0 Å². The van der Waals surface area contributed by atoms with E-state index in [1.54, 1.807) is 0 Å². The largest absolute Gasteiger partial charge is 0.458 e. The smallest absolute Gasteiger partial charge is 0.306 e. The third-order valence-corrected chi connectivity index (χ3v) is 8.99. The molecular weight excluding hydrogens is 312 g/mol. The fourth-order valence-electron chi connectivity index (χ4n) is 8.01. The number of hydrogen-bond acceptors (Lipinski definition) is 3. The molecule has 5 aliphatic carbocycles. The van der Waals surface area contributed by atoms with Crippen molar-refractivity contribution in [2.24, 2.45) is 40.9 Å². The van der Waals surface area contributed by atoms with Gasteiger partial charge in [-0.05, 0) is 73.3 Å². The highest BCUT2D eigenvalue weighted by atomic mass is 16.6. The van der Waals surface area contributed by atoms with Gasteiger partial charge in [0.05, 0.1) is 0 Å². The molecule has 0 amide bonds. The molecule has 0 radical (unpaired) electrons. The van der Waals surface area contributed by atoms with E-state index in [-0.39, 0.29) is 17.0 Å². The molecule has 25 heavy (non-hydrogen) atoms. The number of carbonyl (C=O) groups excluding carboxylic acids is 2. The van der Waals surface area contributed by atoms with Crippen molar-refractivity contribution in [2.45, 2.75) is 57.5 Å². The lowest BCUT2D eigenvalue weighted by atomic mass is 9.50. The van der Waals surface area contributed by atoms with Gasteiger partial charge in [0.15, 0.2) is 5.78 Å². The third kappa shape index (κ3) is 1.64. The van der Waals surface area contributed by atoms with Crippen molar-refractivity contribution in [1.82, 2.24) is 0 Å². The maximum atomic E-state index is 12.0. The van der Waals surface area contributed by atoms with E-state index in [4.69, 9.17) is 4.74 Å². The van der Waals surface area contributed by atoms with Gasteiger partial charge in [-0.3, -0.25) is 9.59 Å². The molecule has 3 heteroatoms. The van der Waals surface area contributed by atoms with Crippen molar-refractivity contribution in [3.63, 3.8) is 0 Å². The Kier molecular flexibility index (Phi) is 2.64. The van der Waals surface area contributed by atoms with E-state index in [1.165, 1.54) is 24.8 Å². The van der Waals surface area contributed by atoms with Gasteiger partial charge in [0, 0.05) is 24.2 Å². The Balaban J connectivity index is 1.41. The molecule has 0 aromatic rings. The molecule has 0 bridgehead atoms. The average Bonchev–Trinajstić information content (AvgIpc) is 3.23. The highest BCUT2D eigenvalue weighted by Crippen LogP contribution is 2.77. The highest BCUT2D eigenvalue weighted by molar-refractivity contribution is 5.92. The standard InChI is InChI=1S/C22H26O3/c1-21-8-6-15-14-5-3-13(23)10-12(14)2-4-16(15)20(21)17-11-18(17)22(21)9-7-19(24)25-22/h2,4,10,14-18,20H,3,5-9,11H2,1H3. The molecule has 3 nitrogen and oxygen atoms in total. The maximum absolute atomic E-state index is 12.0. The van der Waals surface area contributed by atoms with E-state index in [9.17, 15) is 9.59 Å². The summed E-state index contributed by atoms with van der Waals surface area (Å²) in [5, 5.41) is 0. The summed E-state index contributed by atoms with van der Waals surface area (Å²) in [5.41, 5.74) is 1.29. The maximum Gasteiger partial charge on any atom is 0.306 e. The van der Waals surface area contributed by atoms with Gasteiger partial charge in [0.25, 0.3) is 0 Å². The van der Waals surface area contributed by atoms with Crippen molar-refractivity contribution in [3.05, 3.63) is 23.8 Å². The quantitative estimate of drug-likeness (QED) is 0.630. The fraction of sp³-hybridized carbons (Fsp3) is 0.727. The van der Waals surface area contributed by atoms with Crippen LogP contribution in [-0.2, 0) is 14.3 Å². The van der Waals surface area contributed by atoms with Crippen molar-refractivity contribution < 1.29 is 14.3 Å². The van der Waals surface area contributed by atoms with E-state index in [0.29, 0.717) is 41.8 Å². The molecule has 1 aliphatic heterocycles. The zero-order valence-electron chi connectivity index (χ0n) is 14.9. The Labute approximate surface area is 148 Å². The van der Waals surface area contributed by atoms with Gasteiger partial charge >= 0.3 is 5.97 Å². The summed E-state index contributed by atoms with van der Waals surface area (Å²) < 4.78 is 6.12. The van der Waals surface area contributed by atoms with Crippen LogP contribution in [0.4, 0.5) is 0 Å². The van der Waals surface area contributed by atoms with Crippen LogP contribution in [0.2, 0.25) is 0 Å². The Morgan fingerprint density at radius 2 is 2.00 bits per heavy atom. The van der Waals surface area contributed by atoms with Crippen LogP contribution in [0, 0.1) is 40.9 Å². The lowest BCUT2D eigenvalue weighted by molar-refractivity contribution is -0.171. The van der Waals surface area contributed by atoms with Gasteiger partial charge in [-0.15, -0.1) is 0 Å². The van der Waals surface area contributed by atoms with Crippen molar-refractivity contribution in [3.8, 4) is 0 Å². The minimum Gasteiger partial charge on any atom is -0.458 e. The Bertz CT molecular complexity index is 748. The number of esters is 1. The van der Waals surface area contributed by atoms with Crippen LogP contribution in [0.25, 0.3) is 0 Å². The number of fused-ring (bicyclic) bond motifs is 9. The number of hydrogen-bond donors (Lipinski definition) is 0. The number of ketones is 1. The summed E-state index contributed by atoms with van der Waals surface area (Å²) in [6.07, 6.45) is 13.6. The monoisotopic (exact) mass is 338 g/mol. The van der Waals surface area contributed by atoms with Crippen LogP contribution in [0.5, 0.6) is 0 Å². The van der Waals surface area contributed by atoms with E-state index >= 15 is 0 Å². The number of rotatable bonds is 0. The minimum atomic E-state index is -0.156. The van der Waals surface area contributed by atoms with Gasteiger partial charge in [-0.25, -0.2) is 0 Å². The Hall–Kier alpha value is -1.38. The summed E-state index contributed by atoms with van der Waals surface area (Å²) in [6, 6.07) is 0. The fourth-order valence-corrected chi connectivity index (χ4v) is 8.01. The second kappa shape index (κ2) is 4.47. The lowest BCUT2D eigenvalue weighted by Gasteiger charge is -2.55. The number of ether oxygens (including phenoxy) is 1. The molecule has 0 aromatic carbocycles. The number of allylic oxidation sites excluding steroid dienone is 4. The first-order chi connectivity index (χ1) is 12.0. The summed E-state index contributed by atoms with van der Waals surface area (Å²) in [4.78, 5) is 23.8. The SMILES string of the molecule is CC12CCC3C4CCC(=O)C=C4C=CC3C1C1CC1C21CCC(=O)O1. The predicted octanol–water partition coefficient (Wildman–Crippen LogP) is 3.84. The van der Waals surface area contributed by atoms with Crippen LogP contribution in [-0.4, -0.2) is 17.4 Å². The second-order valence-corrected chi connectivity index (χ2v) is 9.71. The first-order valence-electron chi connectivity index (χ1n) is 10.2. The zero-order chi connectivity index (χ0) is 17.0. The van der Waals surface area contributed by atoms with Crippen LogP contribution < -0.4 is 0 Å². The molecule has 1 saturated heterocycles. The molecule has 132 valence electrons. The van der Waals surface area contributed by atoms with E-state index < -0.39 is 0 Å². The van der Waals surface area contributed by atoms with Gasteiger partial charge < -0.3 is 4.74 Å². The highest BCUT2D eigenvalue weighted by Gasteiger charge is 2.78. The molecule has 1 spiro atoms. The van der Waals surface area contributed by atoms with Crippen molar-refractivity contribution in [1.29, 1.82) is 0 Å². The van der Waals surface area contributed by atoms with E-state index in [0.717, 1.165) is 25.2 Å². The van der Waals surface area contributed by atoms with Crippen LogP contribution >= 0.6 is 0 Å². The first kappa shape index (κ1) is 14.8. The first-order valence-corrected chi connectivity index (χ1v) is 10.2. The molecule has 8 atom stereocenters. The average molecular weight is 338 g/mol. The number of carbonyl (C=O) groups is 2. The van der Waals surface area contributed by atoms with Crippen LogP contribution in [0.3, 0.4) is 0 Å². The minimum absolute atomic E-state index is 0.0323. The lowest BCUT2D eigenvalue weighted by Crippen LogP contribution is -2.54. The topological polar surface area (TPSA) is 43.4 Å². The van der Waals surface area contributed by atoms with Gasteiger partial charge in [-0.1, -0.05) is 19.1 Å². The summed E-state index contributed by atoms with van der Waals surface area (Å²) in [6.45, 7) is 2.43. The predicted molar refractivity (Wildman–Crippen MR) is 92.4 cm³/mol. The normalized spacial score (nSPS) is 55.2. The molecule has 4 fully saturated rings. The molecule has 0 aromatic heterocycles. The van der Waals surface area contributed by atoms with Gasteiger partial charge in [0.1, 0.15) is 5.60 Å². The molecule has 6 rings (SSSR count). The second-order valence-electron chi connectivity index (χ2n) is 9.71. The van der Waals surface area contributed by atoms with E-state index in [1.807, 2.05) is 6.08 Å². The zero-order valence-corrected chi connectivity index (χ0v) is 14.9. The molecule has 1 heterocycles.